The van der Waals surface area contributed by atoms with Gasteiger partial charge in [0.15, 0.2) is 0 Å². The van der Waals surface area contributed by atoms with Crippen molar-refractivity contribution in [3.63, 3.8) is 0 Å². The maximum absolute atomic E-state index is 12.4. The minimum Gasteiger partial charge on any atom is -0.423 e. The fraction of sp³-hybridized carbons (Fsp3) is 0. The Morgan fingerprint density at radius 1 is 1.25 bits per heavy atom. The van der Waals surface area contributed by atoms with Crippen LogP contribution in [-0.2, 0) is 0 Å². The summed E-state index contributed by atoms with van der Waals surface area (Å²) >= 11 is 0. The van der Waals surface area contributed by atoms with Gasteiger partial charge in [0, 0.05) is 0 Å². The van der Waals surface area contributed by atoms with Crippen LogP contribution in [0.25, 0.3) is 5.47 Å². The summed E-state index contributed by atoms with van der Waals surface area (Å²) < 4.78 is 12.4. The van der Waals surface area contributed by atoms with Crippen molar-refractivity contribution in [3.8, 4) is 0 Å². The Morgan fingerprint density at radius 3 is 2.17 bits per heavy atom. The van der Waals surface area contributed by atoms with E-state index in [-0.39, 0.29) is 11.3 Å². The molecular formula is C8H8BFO2. The quantitative estimate of drug-likeness (QED) is 0.639. The highest BCUT2D eigenvalue weighted by Gasteiger charge is 2.13. The zero-order valence-corrected chi connectivity index (χ0v) is 6.37. The maximum atomic E-state index is 12.4. The van der Waals surface area contributed by atoms with E-state index in [1.807, 2.05) is 0 Å². The van der Waals surface area contributed by atoms with Crippen molar-refractivity contribution in [1.82, 2.24) is 0 Å². The first-order valence-electron chi connectivity index (χ1n) is 3.42. The van der Waals surface area contributed by atoms with Crippen LogP contribution >= 0.6 is 0 Å². The molecule has 0 spiro atoms. The summed E-state index contributed by atoms with van der Waals surface area (Å²) in [6.45, 7) is 3.43. The van der Waals surface area contributed by atoms with Gasteiger partial charge in [-0.25, -0.2) is 4.39 Å². The lowest BCUT2D eigenvalue weighted by Gasteiger charge is -2.02. The normalized spacial score (nSPS) is 9.58. The summed E-state index contributed by atoms with van der Waals surface area (Å²) in [7, 11) is -1.59. The van der Waals surface area contributed by atoms with E-state index in [0.717, 1.165) is 0 Å². The van der Waals surface area contributed by atoms with Gasteiger partial charge < -0.3 is 10.0 Å². The molecule has 0 fully saturated rings. The van der Waals surface area contributed by atoms with Gasteiger partial charge in [0.05, 0.1) is 0 Å². The van der Waals surface area contributed by atoms with Gasteiger partial charge in [-0.15, -0.1) is 0 Å². The average molecular weight is 166 g/mol. The largest absolute Gasteiger partial charge is 0.488 e. The van der Waals surface area contributed by atoms with Crippen LogP contribution in [-0.4, -0.2) is 17.2 Å². The van der Waals surface area contributed by atoms with E-state index in [4.69, 9.17) is 10.0 Å². The smallest absolute Gasteiger partial charge is 0.423 e. The molecule has 0 aromatic heterocycles. The summed E-state index contributed by atoms with van der Waals surface area (Å²) in [5.41, 5.74) is 0.682. The highest BCUT2D eigenvalue weighted by Crippen LogP contribution is 2.13. The maximum Gasteiger partial charge on any atom is 0.488 e. The van der Waals surface area contributed by atoms with Crippen molar-refractivity contribution < 1.29 is 14.4 Å². The van der Waals surface area contributed by atoms with Crippen LogP contribution in [0.1, 0.15) is 5.56 Å². The molecule has 0 amide bonds. The molecule has 0 aliphatic rings. The second-order valence-corrected chi connectivity index (χ2v) is 2.41. The molecule has 62 valence electrons. The fourth-order valence-corrected chi connectivity index (χ4v) is 0.813. The molecule has 0 saturated carbocycles. The number of hydrogen-bond acceptors (Lipinski definition) is 2. The van der Waals surface area contributed by atoms with Crippen LogP contribution in [0, 0.1) is 5.82 Å². The van der Waals surface area contributed by atoms with Crippen LogP contribution in [0.3, 0.4) is 0 Å². The van der Waals surface area contributed by atoms with E-state index < -0.39 is 7.12 Å². The average Bonchev–Trinajstić information content (AvgIpc) is 2.04. The topological polar surface area (TPSA) is 40.5 Å². The Morgan fingerprint density at radius 2 is 1.75 bits per heavy atom. The molecule has 0 aliphatic heterocycles. The Hall–Kier alpha value is -1.13. The Balaban J connectivity index is 2.90. The van der Waals surface area contributed by atoms with E-state index in [1.54, 1.807) is 0 Å². The van der Waals surface area contributed by atoms with E-state index in [0.29, 0.717) is 5.56 Å². The number of halogens is 1. The Bertz CT molecular complexity index is 282. The number of hydrogen-bond donors (Lipinski definition) is 2. The lowest BCUT2D eigenvalue weighted by molar-refractivity contribution is 0.427. The van der Waals surface area contributed by atoms with Gasteiger partial charge >= 0.3 is 7.12 Å². The van der Waals surface area contributed by atoms with E-state index in [2.05, 4.69) is 6.58 Å². The first-order chi connectivity index (χ1) is 5.61. The summed E-state index contributed by atoms with van der Waals surface area (Å²) in [4.78, 5) is 0. The fourth-order valence-electron chi connectivity index (χ4n) is 0.813. The number of benzene rings is 1. The first-order valence-corrected chi connectivity index (χ1v) is 3.42. The third kappa shape index (κ3) is 1.93. The van der Waals surface area contributed by atoms with Gasteiger partial charge in [0.25, 0.3) is 0 Å². The molecule has 0 unspecified atom stereocenters. The molecule has 1 rings (SSSR count). The van der Waals surface area contributed by atoms with Crippen molar-refractivity contribution in [2.24, 2.45) is 0 Å². The van der Waals surface area contributed by atoms with E-state index in [1.165, 1.54) is 24.3 Å². The van der Waals surface area contributed by atoms with Crippen LogP contribution in [0.4, 0.5) is 4.39 Å². The molecule has 0 atom stereocenters. The molecule has 1 aromatic rings. The molecule has 0 bridgehead atoms. The summed E-state index contributed by atoms with van der Waals surface area (Å²) in [5, 5.41) is 17.4. The zero-order valence-electron chi connectivity index (χ0n) is 6.37. The predicted octanol–water partition coefficient (Wildman–Crippen LogP) is 0.851. The molecular weight excluding hydrogens is 158 g/mol. The van der Waals surface area contributed by atoms with Crippen LogP contribution in [0.2, 0.25) is 0 Å². The monoisotopic (exact) mass is 166 g/mol. The Labute approximate surface area is 70.1 Å². The highest BCUT2D eigenvalue weighted by atomic mass is 19.1. The summed E-state index contributed by atoms with van der Waals surface area (Å²) in [5.74, 6) is -0.362. The van der Waals surface area contributed by atoms with Crippen molar-refractivity contribution in [3.05, 3.63) is 42.2 Å². The first kappa shape index (κ1) is 8.97. The molecule has 12 heavy (non-hydrogen) atoms. The molecule has 0 aliphatic carbocycles. The van der Waals surface area contributed by atoms with Gasteiger partial charge in [0.2, 0.25) is 0 Å². The van der Waals surface area contributed by atoms with Crippen molar-refractivity contribution in [2.75, 3.05) is 0 Å². The standard InChI is InChI=1S/C8H8BFO2/c1-6(9(11)12)7-2-4-8(10)5-3-7/h2-5,11-12H,1H2. The minimum absolute atomic E-state index is 0.162. The lowest BCUT2D eigenvalue weighted by Crippen LogP contribution is -2.13. The van der Waals surface area contributed by atoms with Gasteiger partial charge in [-0.1, -0.05) is 18.7 Å². The van der Waals surface area contributed by atoms with Gasteiger partial charge in [0.1, 0.15) is 5.82 Å². The SMILES string of the molecule is C=C(B(O)O)c1ccc(F)cc1. The van der Waals surface area contributed by atoms with Crippen molar-refractivity contribution in [1.29, 1.82) is 0 Å². The third-order valence-electron chi connectivity index (χ3n) is 1.53. The molecule has 1 aromatic carbocycles. The molecule has 4 heteroatoms. The van der Waals surface area contributed by atoms with Gasteiger partial charge in [-0.3, -0.25) is 0 Å². The van der Waals surface area contributed by atoms with Crippen LogP contribution in [0.15, 0.2) is 30.8 Å². The molecule has 2 N–H and O–H groups in total. The predicted molar refractivity (Wildman–Crippen MR) is 45.6 cm³/mol. The van der Waals surface area contributed by atoms with Gasteiger partial charge in [-0.05, 0) is 23.2 Å². The second-order valence-electron chi connectivity index (χ2n) is 2.41. The lowest BCUT2D eigenvalue weighted by atomic mass is 9.76. The van der Waals surface area contributed by atoms with Crippen LogP contribution < -0.4 is 0 Å². The summed E-state index contributed by atoms with van der Waals surface area (Å²) in [6, 6.07) is 5.36. The van der Waals surface area contributed by atoms with Crippen LogP contribution in [0.5, 0.6) is 0 Å². The van der Waals surface area contributed by atoms with Crippen molar-refractivity contribution in [2.45, 2.75) is 0 Å². The van der Waals surface area contributed by atoms with Crippen molar-refractivity contribution >= 4 is 12.6 Å². The zero-order chi connectivity index (χ0) is 9.14. The molecule has 0 saturated heterocycles. The van der Waals surface area contributed by atoms with E-state index >= 15 is 0 Å². The van der Waals surface area contributed by atoms with Gasteiger partial charge in [-0.2, -0.15) is 0 Å². The molecule has 0 radical (unpaired) electrons. The second kappa shape index (κ2) is 3.52. The third-order valence-corrected chi connectivity index (χ3v) is 1.53. The minimum atomic E-state index is -1.59. The molecule has 0 heterocycles. The molecule has 2 nitrogen and oxygen atoms in total. The van der Waals surface area contributed by atoms with E-state index in [9.17, 15) is 4.39 Å². The summed E-state index contributed by atoms with van der Waals surface area (Å²) in [6.07, 6.45) is 0. The number of rotatable bonds is 2. The Kier molecular flexibility index (Phi) is 2.63. The highest BCUT2D eigenvalue weighted by molar-refractivity contribution is 6.65.